The third kappa shape index (κ3) is 3.44. The van der Waals surface area contributed by atoms with Crippen LogP contribution in [0.15, 0.2) is 48.5 Å². The summed E-state index contributed by atoms with van der Waals surface area (Å²) >= 11 is 0. The number of hydrogen-bond donors (Lipinski definition) is 1. The summed E-state index contributed by atoms with van der Waals surface area (Å²) in [5.74, 6) is -0.275. The summed E-state index contributed by atoms with van der Waals surface area (Å²) in [6.07, 6.45) is 2.14. The van der Waals surface area contributed by atoms with Gasteiger partial charge in [-0.05, 0) is 35.1 Å². The number of rotatable bonds is 5. The predicted octanol–water partition coefficient (Wildman–Crippen LogP) is 2.87. The van der Waals surface area contributed by atoms with Crippen molar-refractivity contribution < 1.29 is 4.79 Å². The zero-order valence-electron chi connectivity index (χ0n) is 11.2. The molecule has 0 fully saturated rings. The highest BCUT2D eigenvalue weighted by molar-refractivity contribution is 5.77. The van der Waals surface area contributed by atoms with Gasteiger partial charge < -0.3 is 5.73 Å². The molecule has 0 saturated carbocycles. The maximum Gasteiger partial charge on any atom is 0.221 e. The Balaban J connectivity index is 2.38. The summed E-state index contributed by atoms with van der Waals surface area (Å²) in [6, 6.07) is 16.5. The van der Waals surface area contributed by atoms with Crippen LogP contribution in [0.1, 0.15) is 29.2 Å². The Morgan fingerprint density at radius 2 is 1.68 bits per heavy atom. The molecule has 2 aromatic carbocycles. The minimum atomic E-state index is -0.275. The van der Waals surface area contributed by atoms with Crippen molar-refractivity contribution in [3.8, 4) is 0 Å². The number of benzene rings is 2. The Morgan fingerprint density at radius 1 is 1.00 bits per heavy atom. The van der Waals surface area contributed by atoms with Crippen molar-refractivity contribution in [2.75, 3.05) is 0 Å². The van der Waals surface area contributed by atoms with Gasteiger partial charge in [0.05, 0.1) is 6.42 Å². The first kappa shape index (κ1) is 13.3. The van der Waals surface area contributed by atoms with Gasteiger partial charge in [0, 0.05) is 0 Å². The molecule has 2 rings (SSSR count). The van der Waals surface area contributed by atoms with Crippen LogP contribution in [-0.2, 0) is 24.1 Å². The molecule has 0 unspecified atom stereocenters. The number of hydrogen-bond acceptors (Lipinski definition) is 1. The van der Waals surface area contributed by atoms with Gasteiger partial charge in [-0.1, -0.05) is 55.5 Å². The summed E-state index contributed by atoms with van der Waals surface area (Å²) in [5.41, 5.74) is 10.2. The minimum Gasteiger partial charge on any atom is -0.369 e. The number of primary amides is 1. The number of carbonyl (C=O) groups excluding carboxylic acids is 1. The highest BCUT2D eigenvalue weighted by Crippen LogP contribution is 2.20. The first-order valence-electron chi connectivity index (χ1n) is 6.62. The first-order valence-corrected chi connectivity index (χ1v) is 6.62. The van der Waals surface area contributed by atoms with Crippen molar-refractivity contribution >= 4 is 5.91 Å². The summed E-state index contributed by atoms with van der Waals surface area (Å²) in [7, 11) is 0. The zero-order chi connectivity index (χ0) is 13.7. The van der Waals surface area contributed by atoms with Crippen LogP contribution in [0, 0.1) is 0 Å². The fourth-order valence-corrected chi connectivity index (χ4v) is 2.40. The lowest BCUT2D eigenvalue weighted by Crippen LogP contribution is -2.15. The third-order valence-electron chi connectivity index (χ3n) is 3.34. The first-order chi connectivity index (χ1) is 9.20. The summed E-state index contributed by atoms with van der Waals surface area (Å²) < 4.78 is 0. The van der Waals surface area contributed by atoms with Gasteiger partial charge in [-0.2, -0.15) is 0 Å². The van der Waals surface area contributed by atoms with Crippen molar-refractivity contribution in [1.82, 2.24) is 0 Å². The van der Waals surface area contributed by atoms with Gasteiger partial charge in [-0.25, -0.2) is 0 Å². The molecule has 0 bridgehead atoms. The Bertz CT molecular complexity index is 561. The SMILES string of the molecule is CCc1cccc(CC(N)=O)c1Cc1ccccc1. The number of carbonyl (C=O) groups is 1. The number of nitrogens with two attached hydrogens (primary N) is 1. The van der Waals surface area contributed by atoms with Gasteiger partial charge in [0.15, 0.2) is 0 Å². The van der Waals surface area contributed by atoms with Crippen molar-refractivity contribution in [2.45, 2.75) is 26.2 Å². The zero-order valence-corrected chi connectivity index (χ0v) is 11.2. The van der Waals surface area contributed by atoms with E-state index < -0.39 is 0 Å². The highest BCUT2D eigenvalue weighted by Gasteiger charge is 2.10. The number of aryl methyl sites for hydroxylation is 1. The molecule has 0 aliphatic rings. The molecule has 2 heteroatoms. The standard InChI is InChI=1S/C17H19NO/c1-2-14-9-6-10-15(12-17(18)19)16(14)11-13-7-4-3-5-8-13/h3-10H,2,11-12H2,1H3,(H2,18,19). The molecule has 0 atom stereocenters. The molecule has 0 spiro atoms. The van der Waals surface area contributed by atoms with Gasteiger partial charge in [-0.15, -0.1) is 0 Å². The van der Waals surface area contributed by atoms with Gasteiger partial charge in [0.2, 0.25) is 5.91 Å². The maximum absolute atomic E-state index is 11.2. The molecule has 2 aromatic rings. The van der Waals surface area contributed by atoms with Gasteiger partial charge in [-0.3, -0.25) is 4.79 Å². The summed E-state index contributed by atoms with van der Waals surface area (Å²) in [5, 5.41) is 0. The van der Waals surface area contributed by atoms with E-state index in [0.29, 0.717) is 6.42 Å². The van der Waals surface area contributed by atoms with E-state index in [1.54, 1.807) is 0 Å². The van der Waals surface area contributed by atoms with E-state index >= 15 is 0 Å². The van der Waals surface area contributed by atoms with Gasteiger partial charge >= 0.3 is 0 Å². The molecule has 0 aliphatic heterocycles. The normalized spacial score (nSPS) is 10.4. The minimum absolute atomic E-state index is 0.275. The van der Waals surface area contributed by atoms with Crippen molar-refractivity contribution in [3.05, 3.63) is 70.8 Å². The molecule has 0 heterocycles. The molecule has 98 valence electrons. The number of amides is 1. The summed E-state index contributed by atoms with van der Waals surface area (Å²) in [6.45, 7) is 2.14. The van der Waals surface area contributed by atoms with Crippen LogP contribution in [0.5, 0.6) is 0 Å². The van der Waals surface area contributed by atoms with E-state index in [9.17, 15) is 4.79 Å². The summed E-state index contributed by atoms with van der Waals surface area (Å²) in [4.78, 5) is 11.2. The van der Waals surface area contributed by atoms with E-state index in [1.807, 2.05) is 30.3 Å². The Hall–Kier alpha value is -2.09. The van der Waals surface area contributed by atoms with Gasteiger partial charge in [0.1, 0.15) is 0 Å². The Kier molecular flexibility index (Phi) is 4.35. The van der Waals surface area contributed by atoms with Crippen LogP contribution in [0.2, 0.25) is 0 Å². The molecule has 0 saturated heterocycles. The Morgan fingerprint density at radius 3 is 2.32 bits per heavy atom. The van der Waals surface area contributed by atoms with Crippen molar-refractivity contribution in [3.63, 3.8) is 0 Å². The Labute approximate surface area is 114 Å². The van der Waals surface area contributed by atoms with E-state index in [-0.39, 0.29) is 5.91 Å². The third-order valence-corrected chi connectivity index (χ3v) is 3.34. The van der Waals surface area contributed by atoms with Crippen LogP contribution in [0.3, 0.4) is 0 Å². The highest BCUT2D eigenvalue weighted by atomic mass is 16.1. The molecular weight excluding hydrogens is 234 g/mol. The quantitative estimate of drug-likeness (QED) is 0.874. The van der Waals surface area contributed by atoms with Crippen LogP contribution in [0.4, 0.5) is 0 Å². The van der Waals surface area contributed by atoms with Crippen LogP contribution >= 0.6 is 0 Å². The average molecular weight is 253 g/mol. The van der Waals surface area contributed by atoms with Crippen LogP contribution < -0.4 is 5.73 Å². The van der Waals surface area contributed by atoms with Gasteiger partial charge in [0.25, 0.3) is 0 Å². The van der Waals surface area contributed by atoms with E-state index in [1.165, 1.54) is 16.7 Å². The lowest BCUT2D eigenvalue weighted by Gasteiger charge is -2.13. The monoisotopic (exact) mass is 253 g/mol. The molecule has 19 heavy (non-hydrogen) atoms. The molecule has 2 nitrogen and oxygen atoms in total. The molecule has 0 aliphatic carbocycles. The molecule has 0 aromatic heterocycles. The smallest absolute Gasteiger partial charge is 0.221 e. The topological polar surface area (TPSA) is 43.1 Å². The van der Waals surface area contributed by atoms with Crippen LogP contribution in [0.25, 0.3) is 0 Å². The van der Waals surface area contributed by atoms with Crippen molar-refractivity contribution in [1.29, 1.82) is 0 Å². The molecule has 0 radical (unpaired) electrons. The molecular formula is C17H19NO. The van der Waals surface area contributed by atoms with Crippen LogP contribution in [-0.4, -0.2) is 5.91 Å². The lowest BCUT2D eigenvalue weighted by atomic mass is 9.92. The molecule has 2 N–H and O–H groups in total. The lowest BCUT2D eigenvalue weighted by molar-refractivity contribution is -0.117. The second-order valence-corrected chi connectivity index (χ2v) is 4.71. The van der Waals surface area contributed by atoms with E-state index in [4.69, 9.17) is 5.73 Å². The van der Waals surface area contributed by atoms with E-state index in [0.717, 1.165) is 18.4 Å². The fraction of sp³-hybridized carbons (Fsp3) is 0.235. The second kappa shape index (κ2) is 6.19. The maximum atomic E-state index is 11.2. The average Bonchev–Trinajstić information content (AvgIpc) is 2.41. The predicted molar refractivity (Wildman–Crippen MR) is 78.0 cm³/mol. The van der Waals surface area contributed by atoms with E-state index in [2.05, 4.69) is 25.1 Å². The second-order valence-electron chi connectivity index (χ2n) is 4.71. The van der Waals surface area contributed by atoms with Crippen molar-refractivity contribution in [2.24, 2.45) is 5.73 Å². The largest absolute Gasteiger partial charge is 0.369 e. The molecule has 1 amide bonds. The fourth-order valence-electron chi connectivity index (χ4n) is 2.40.